The summed E-state index contributed by atoms with van der Waals surface area (Å²) >= 11 is 6.64. The average Bonchev–Trinajstić information content (AvgIpc) is 2.84. The molecular weight excluding hydrogens is 403 g/mol. The molecule has 2 aromatic rings. The summed E-state index contributed by atoms with van der Waals surface area (Å²) in [4.78, 5) is 28.3. The molecule has 0 saturated carbocycles. The van der Waals surface area contributed by atoms with Gasteiger partial charge in [0.2, 0.25) is 0 Å². The van der Waals surface area contributed by atoms with E-state index < -0.39 is 29.5 Å². The molecule has 0 fully saturated rings. The molecule has 0 saturated heterocycles. The number of fused-ring (bicyclic) bond motifs is 1. The Morgan fingerprint density at radius 2 is 1.90 bits per heavy atom. The molecule has 0 spiro atoms. The highest BCUT2D eigenvalue weighted by molar-refractivity contribution is 6.33. The van der Waals surface area contributed by atoms with Gasteiger partial charge in [-0.3, -0.25) is 0 Å². The maximum atomic E-state index is 13.9. The number of carbonyl (C=O) groups is 2. The monoisotopic (exact) mass is 424 g/mol. The van der Waals surface area contributed by atoms with Crippen molar-refractivity contribution in [2.24, 2.45) is 16.9 Å². The predicted molar refractivity (Wildman–Crippen MR) is 105 cm³/mol. The van der Waals surface area contributed by atoms with E-state index in [4.69, 9.17) is 32.6 Å². The van der Waals surface area contributed by atoms with Crippen molar-refractivity contribution < 1.29 is 23.6 Å². The molecule has 29 heavy (non-hydrogen) atoms. The van der Waals surface area contributed by atoms with Crippen molar-refractivity contribution in [1.82, 2.24) is 9.63 Å². The van der Waals surface area contributed by atoms with Gasteiger partial charge in [0.05, 0.1) is 23.8 Å². The number of primary amides is 2. The van der Waals surface area contributed by atoms with Crippen molar-refractivity contribution in [3.8, 4) is 16.9 Å². The molecular formula is C19H22ClFN4O4. The van der Waals surface area contributed by atoms with E-state index in [1.165, 1.54) is 23.3 Å². The highest BCUT2D eigenvalue weighted by atomic mass is 35.5. The van der Waals surface area contributed by atoms with E-state index in [9.17, 15) is 14.0 Å². The van der Waals surface area contributed by atoms with E-state index >= 15 is 0 Å². The Hall–Kier alpha value is -2.78. The lowest BCUT2D eigenvalue weighted by molar-refractivity contribution is -0.168. The van der Waals surface area contributed by atoms with Gasteiger partial charge in [-0.2, -0.15) is 0 Å². The van der Waals surface area contributed by atoms with Crippen LogP contribution in [0.5, 0.6) is 5.75 Å². The molecule has 2 heterocycles. The summed E-state index contributed by atoms with van der Waals surface area (Å²) in [5.74, 6) is -0.385. The molecule has 1 aromatic carbocycles. The fraction of sp³-hybridized carbons (Fsp3) is 0.368. The van der Waals surface area contributed by atoms with E-state index in [0.29, 0.717) is 29.9 Å². The van der Waals surface area contributed by atoms with Crippen molar-refractivity contribution in [2.45, 2.75) is 33.4 Å². The lowest BCUT2D eigenvalue weighted by Crippen LogP contribution is -2.45. The fourth-order valence-corrected chi connectivity index (χ4v) is 4.06. The second kappa shape index (κ2) is 7.57. The first-order chi connectivity index (χ1) is 13.5. The molecule has 4 N–H and O–H groups in total. The van der Waals surface area contributed by atoms with Crippen LogP contribution in [0, 0.1) is 11.2 Å². The Bertz CT molecular complexity index is 970. The second-order valence-electron chi connectivity index (χ2n) is 7.78. The van der Waals surface area contributed by atoms with Crippen LogP contribution in [0.4, 0.5) is 14.0 Å². The van der Waals surface area contributed by atoms with Crippen LogP contribution in [0.25, 0.3) is 11.1 Å². The molecule has 0 aliphatic carbocycles. The zero-order valence-electron chi connectivity index (χ0n) is 16.2. The third-order valence-corrected chi connectivity index (χ3v) is 5.02. The third-order valence-electron chi connectivity index (χ3n) is 4.63. The molecule has 8 nitrogen and oxygen atoms in total. The van der Waals surface area contributed by atoms with E-state index in [-0.39, 0.29) is 10.9 Å². The van der Waals surface area contributed by atoms with Crippen molar-refractivity contribution >= 4 is 23.8 Å². The first-order valence-corrected chi connectivity index (χ1v) is 9.27. The summed E-state index contributed by atoms with van der Waals surface area (Å²) in [6.45, 7) is 6.37. The zero-order chi connectivity index (χ0) is 21.5. The van der Waals surface area contributed by atoms with Gasteiger partial charge >= 0.3 is 12.2 Å². The van der Waals surface area contributed by atoms with Crippen LogP contribution >= 0.6 is 11.6 Å². The zero-order valence-corrected chi connectivity index (χ0v) is 17.0. The quantitative estimate of drug-likeness (QED) is 0.777. The average molecular weight is 425 g/mol. The number of carbonyl (C=O) groups excluding carboxylic acids is 2. The summed E-state index contributed by atoms with van der Waals surface area (Å²) in [6, 6.07) is 5.18. The summed E-state index contributed by atoms with van der Waals surface area (Å²) in [5, 5.41) is 1.69. The van der Waals surface area contributed by atoms with Crippen molar-refractivity contribution in [1.29, 1.82) is 0 Å². The Balaban J connectivity index is 2.29. The van der Waals surface area contributed by atoms with Gasteiger partial charge in [0.15, 0.2) is 5.75 Å². The van der Waals surface area contributed by atoms with E-state index in [1.54, 1.807) is 10.6 Å². The number of nitrogens with two attached hydrogens (primary N) is 2. The van der Waals surface area contributed by atoms with Crippen LogP contribution in [0.1, 0.15) is 32.5 Å². The minimum Gasteiger partial charge on any atom is -0.408 e. The molecule has 2 amide bonds. The number of hydrogen-bond acceptors (Lipinski definition) is 5. The largest absolute Gasteiger partial charge is 0.423 e. The number of aromatic nitrogens is 1. The van der Waals surface area contributed by atoms with E-state index in [2.05, 4.69) is 0 Å². The summed E-state index contributed by atoms with van der Waals surface area (Å²) < 4.78 is 21.0. The number of benzene rings is 1. The van der Waals surface area contributed by atoms with Gasteiger partial charge in [-0.05, 0) is 23.1 Å². The first-order valence-electron chi connectivity index (χ1n) is 8.90. The standard InChI is InChI=1S/C19H22ClFN4O4/c1-19(2,3)15-13-14(28-17(22)26)12(10-5-4-6-11(21)9-10)16(20)24(13)7-8-25(15)29-18(23)27/h4-6,9,15H,7-8H2,1-3H3,(H2,22,26)(H2,23,27). The number of hydrogen-bond donors (Lipinski definition) is 2. The Labute approximate surface area is 172 Å². The Morgan fingerprint density at radius 1 is 1.21 bits per heavy atom. The fourth-order valence-electron chi connectivity index (χ4n) is 3.69. The van der Waals surface area contributed by atoms with Crippen LogP contribution in [-0.2, 0) is 11.4 Å². The lowest BCUT2D eigenvalue weighted by atomic mass is 9.83. The molecule has 1 unspecified atom stereocenters. The van der Waals surface area contributed by atoms with Crippen LogP contribution < -0.4 is 16.2 Å². The predicted octanol–water partition coefficient (Wildman–Crippen LogP) is 3.82. The highest BCUT2D eigenvalue weighted by Gasteiger charge is 2.44. The molecule has 1 atom stereocenters. The molecule has 0 bridgehead atoms. The number of hydroxylamine groups is 2. The Kier molecular flexibility index (Phi) is 5.46. The van der Waals surface area contributed by atoms with E-state index in [0.717, 1.165) is 0 Å². The van der Waals surface area contributed by atoms with Crippen molar-refractivity contribution in [2.75, 3.05) is 6.54 Å². The molecule has 1 aliphatic heterocycles. The lowest BCUT2D eigenvalue weighted by Gasteiger charge is -2.42. The number of amides is 2. The summed E-state index contributed by atoms with van der Waals surface area (Å²) in [7, 11) is 0. The number of ether oxygens (including phenoxy) is 1. The number of nitrogens with zero attached hydrogens (tertiary/aromatic N) is 2. The molecule has 1 aliphatic rings. The van der Waals surface area contributed by atoms with Crippen LogP contribution in [0.3, 0.4) is 0 Å². The van der Waals surface area contributed by atoms with Gasteiger partial charge in [-0.15, -0.1) is 5.06 Å². The minimum atomic E-state index is -1.05. The molecule has 3 rings (SSSR count). The first kappa shape index (κ1) is 20.9. The smallest absolute Gasteiger partial charge is 0.408 e. The maximum Gasteiger partial charge on any atom is 0.423 e. The number of rotatable bonds is 3. The topological polar surface area (TPSA) is 113 Å². The Morgan fingerprint density at radius 3 is 2.45 bits per heavy atom. The molecule has 1 aromatic heterocycles. The van der Waals surface area contributed by atoms with Crippen LogP contribution in [0.15, 0.2) is 24.3 Å². The highest BCUT2D eigenvalue weighted by Crippen LogP contribution is 2.51. The van der Waals surface area contributed by atoms with Crippen molar-refractivity contribution in [3.63, 3.8) is 0 Å². The van der Waals surface area contributed by atoms with Crippen LogP contribution in [0.2, 0.25) is 5.15 Å². The SMILES string of the molecule is CC(C)(C)C1c2c(OC(N)=O)c(-c3cccc(F)c3)c(Cl)n2CCN1OC(N)=O. The van der Waals surface area contributed by atoms with Gasteiger partial charge in [-0.25, -0.2) is 14.0 Å². The molecule has 10 heteroatoms. The third kappa shape index (κ3) is 4.01. The normalized spacial score (nSPS) is 16.9. The van der Waals surface area contributed by atoms with E-state index in [1.807, 2.05) is 20.8 Å². The van der Waals surface area contributed by atoms with Gasteiger partial charge in [-0.1, -0.05) is 44.5 Å². The summed E-state index contributed by atoms with van der Waals surface area (Å²) in [6.07, 6.45) is -2.01. The van der Waals surface area contributed by atoms with Crippen LogP contribution in [-0.4, -0.2) is 28.4 Å². The molecule has 156 valence electrons. The van der Waals surface area contributed by atoms with Gasteiger partial charge in [0.1, 0.15) is 11.0 Å². The van der Waals surface area contributed by atoms with Gasteiger partial charge < -0.3 is 25.6 Å². The summed E-state index contributed by atoms with van der Waals surface area (Å²) in [5.41, 5.74) is 11.3. The van der Waals surface area contributed by atoms with Gasteiger partial charge in [0, 0.05) is 6.54 Å². The maximum absolute atomic E-state index is 13.9. The van der Waals surface area contributed by atoms with Gasteiger partial charge in [0.25, 0.3) is 0 Å². The number of halogens is 2. The van der Waals surface area contributed by atoms with Crippen molar-refractivity contribution in [3.05, 3.63) is 40.9 Å². The minimum absolute atomic E-state index is 0.0887. The molecule has 0 radical (unpaired) electrons. The second-order valence-corrected chi connectivity index (χ2v) is 8.14.